The van der Waals surface area contributed by atoms with Gasteiger partial charge in [-0.25, -0.2) is 0 Å². The first-order valence-electron chi connectivity index (χ1n) is 6.03. The van der Waals surface area contributed by atoms with Crippen molar-refractivity contribution in [1.82, 2.24) is 5.16 Å². The maximum absolute atomic E-state index is 6.22. The zero-order valence-electron chi connectivity index (χ0n) is 10.6. The molecule has 0 radical (unpaired) electrons. The van der Waals surface area contributed by atoms with Gasteiger partial charge in [-0.1, -0.05) is 52.1 Å². The molecule has 0 saturated carbocycles. The normalized spacial score (nSPS) is 10.8. The molecule has 106 valence electrons. The van der Waals surface area contributed by atoms with Crippen molar-refractivity contribution in [1.29, 1.82) is 0 Å². The molecule has 0 atom stereocenters. The molecule has 0 fully saturated rings. The summed E-state index contributed by atoms with van der Waals surface area (Å²) in [7, 11) is 0. The van der Waals surface area contributed by atoms with Gasteiger partial charge in [0, 0.05) is 15.6 Å². The number of benzene rings is 2. The van der Waals surface area contributed by atoms with Crippen LogP contribution in [0.4, 0.5) is 5.82 Å². The molecule has 0 amide bonds. The zero-order chi connectivity index (χ0) is 15.0. The molecule has 0 saturated heterocycles. The molecule has 6 heteroatoms. The Balaban J connectivity index is 2.21. The maximum atomic E-state index is 6.22. The van der Waals surface area contributed by atoms with Crippen molar-refractivity contribution in [2.75, 3.05) is 5.73 Å². The smallest absolute Gasteiger partial charge is 0.178 e. The van der Waals surface area contributed by atoms with E-state index in [1.165, 1.54) is 0 Å². The monoisotopic (exact) mass is 338 g/mol. The van der Waals surface area contributed by atoms with Crippen molar-refractivity contribution in [2.45, 2.75) is 0 Å². The van der Waals surface area contributed by atoms with Gasteiger partial charge in [0.2, 0.25) is 0 Å². The molecule has 1 heterocycles. The Kier molecular flexibility index (Phi) is 3.81. The summed E-state index contributed by atoms with van der Waals surface area (Å²) in [6.07, 6.45) is 0. The number of nitrogen functional groups attached to an aromatic ring is 1. The van der Waals surface area contributed by atoms with Crippen LogP contribution in [-0.2, 0) is 0 Å². The third-order valence-electron chi connectivity index (χ3n) is 3.02. The van der Waals surface area contributed by atoms with Gasteiger partial charge in [-0.2, -0.15) is 0 Å². The Morgan fingerprint density at radius 1 is 0.905 bits per heavy atom. The minimum atomic E-state index is 0.281. The quantitative estimate of drug-likeness (QED) is 0.666. The van der Waals surface area contributed by atoms with Crippen molar-refractivity contribution >= 4 is 40.6 Å². The highest BCUT2D eigenvalue weighted by molar-refractivity contribution is 6.35. The highest BCUT2D eigenvalue weighted by Crippen LogP contribution is 2.40. The number of rotatable bonds is 2. The van der Waals surface area contributed by atoms with Gasteiger partial charge >= 0.3 is 0 Å². The number of anilines is 1. The number of aromatic nitrogens is 1. The van der Waals surface area contributed by atoms with Gasteiger partial charge < -0.3 is 10.3 Å². The number of nitrogens with zero attached hydrogens (tertiary/aromatic N) is 1. The third-order valence-corrected chi connectivity index (χ3v) is 3.84. The fourth-order valence-corrected chi connectivity index (χ4v) is 2.55. The van der Waals surface area contributed by atoms with Crippen molar-refractivity contribution in [3.63, 3.8) is 0 Å². The molecule has 2 aromatic carbocycles. The molecule has 3 nitrogen and oxygen atoms in total. The van der Waals surface area contributed by atoms with E-state index >= 15 is 0 Å². The number of hydrogen-bond donors (Lipinski definition) is 1. The van der Waals surface area contributed by atoms with Gasteiger partial charge in [-0.15, -0.1) is 0 Å². The highest BCUT2D eigenvalue weighted by atomic mass is 35.5. The minimum absolute atomic E-state index is 0.281. The van der Waals surface area contributed by atoms with E-state index < -0.39 is 0 Å². The van der Waals surface area contributed by atoms with Gasteiger partial charge in [0.1, 0.15) is 0 Å². The summed E-state index contributed by atoms with van der Waals surface area (Å²) >= 11 is 18.1. The summed E-state index contributed by atoms with van der Waals surface area (Å²) in [6, 6.07) is 12.3. The lowest BCUT2D eigenvalue weighted by atomic mass is 10.0. The lowest BCUT2D eigenvalue weighted by Gasteiger charge is -2.05. The molecule has 0 spiro atoms. The average molecular weight is 340 g/mol. The second-order valence-electron chi connectivity index (χ2n) is 4.40. The molecule has 0 bridgehead atoms. The first-order valence-corrected chi connectivity index (χ1v) is 7.16. The van der Waals surface area contributed by atoms with Crippen LogP contribution < -0.4 is 5.73 Å². The second-order valence-corrected chi connectivity index (χ2v) is 5.68. The fraction of sp³-hybridized carbons (Fsp3) is 0. The Morgan fingerprint density at radius 2 is 1.57 bits per heavy atom. The summed E-state index contributed by atoms with van der Waals surface area (Å²) < 4.78 is 5.35. The molecule has 3 rings (SSSR count). The first-order chi connectivity index (χ1) is 10.1. The Hall–Kier alpha value is -1.68. The van der Waals surface area contributed by atoms with Crippen LogP contribution in [0.25, 0.3) is 22.5 Å². The predicted molar refractivity (Wildman–Crippen MR) is 86.8 cm³/mol. The lowest BCUT2D eigenvalue weighted by molar-refractivity contribution is 0.436. The average Bonchev–Trinajstić information content (AvgIpc) is 2.84. The van der Waals surface area contributed by atoms with E-state index in [2.05, 4.69) is 5.16 Å². The van der Waals surface area contributed by atoms with Crippen LogP contribution in [0.1, 0.15) is 0 Å². The summed E-state index contributed by atoms with van der Waals surface area (Å²) in [4.78, 5) is 0. The standard InChI is InChI=1S/C15H9Cl3N2O/c16-9-3-1-8(2-4-9)13-14(21-20-15(13)19)11-7-10(17)5-6-12(11)18/h1-7H,(H2,19,20). The van der Waals surface area contributed by atoms with Gasteiger partial charge in [-0.05, 0) is 35.9 Å². The number of hydrogen-bond acceptors (Lipinski definition) is 3. The van der Waals surface area contributed by atoms with Crippen LogP contribution in [0, 0.1) is 0 Å². The number of halogens is 3. The van der Waals surface area contributed by atoms with Crippen molar-refractivity contribution in [3.05, 3.63) is 57.5 Å². The summed E-state index contributed by atoms with van der Waals surface area (Å²) in [5.74, 6) is 0.755. The molecule has 0 unspecified atom stereocenters. The third kappa shape index (κ3) is 2.72. The van der Waals surface area contributed by atoms with Crippen LogP contribution in [0.15, 0.2) is 47.0 Å². The Labute approximate surface area is 136 Å². The highest BCUT2D eigenvalue weighted by Gasteiger charge is 2.20. The van der Waals surface area contributed by atoms with Crippen LogP contribution >= 0.6 is 34.8 Å². The van der Waals surface area contributed by atoms with E-state index in [4.69, 9.17) is 45.1 Å². The van der Waals surface area contributed by atoms with Crippen LogP contribution in [0.5, 0.6) is 0 Å². The molecule has 0 aliphatic rings. The minimum Gasteiger partial charge on any atom is -0.380 e. The van der Waals surface area contributed by atoms with E-state index in [-0.39, 0.29) is 5.82 Å². The van der Waals surface area contributed by atoms with Gasteiger partial charge in [-0.3, -0.25) is 0 Å². The SMILES string of the molecule is Nc1noc(-c2cc(Cl)ccc2Cl)c1-c1ccc(Cl)cc1. The van der Waals surface area contributed by atoms with Crippen LogP contribution in [0.3, 0.4) is 0 Å². The summed E-state index contributed by atoms with van der Waals surface area (Å²) in [5, 5.41) is 5.52. The molecule has 0 aliphatic heterocycles. The molecule has 21 heavy (non-hydrogen) atoms. The number of nitrogens with two attached hydrogens (primary N) is 1. The van der Waals surface area contributed by atoms with Crippen molar-refractivity contribution < 1.29 is 4.52 Å². The zero-order valence-corrected chi connectivity index (χ0v) is 12.9. The summed E-state index contributed by atoms with van der Waals surface area (Å²) in [5.41, 5.74) is 8.06. The maximum Gasteiger partial charge on any atom is 0.178 e. The van der Waals surface area contributed by atoms with E-state index in [1.807, 2.05) is 12.1 Å². The Morgan fingerprint density at radius 3 is 2.29 bits per heavy atom. The predicted octanol–water partition coefficient (Wildman–Crippen LogP) is 5.55. The van der Waals surface area contributed by atoms with E-state index in [1.54, 1.807) is 30.3 Å². The van der Waals surface area contributed by atoms with Gasteiger partial charge in [0.25, 0.3) is 0 Å². The Bertz CT molecular complexity index is 797. The summed E-state index contributed by atoms with van der Waals surface area (Å²) in [6.45, 7) is 0. The van der Waals surface area contributed by atoms with Crippen molar-refractivity contribution in [3.8, 4) is 22.5 Å². The fourth-order valence-electron chi connectivity index (χ4n) is 2.05. The van der Waals surface area contributed by atoms with Crippen molar-refractivity contribution in [2.24, 2.45) is 0 Å². The molecular formula is C15H9Cl3N2O. The van der Waals surface area contributed by atoms with E-state index in [0.29, 0.717) is 32.0 Å². The topological polar surface area (TPSA) is 52.0 Å². The molecule has 1 aromatic heterocycles. The molecule has 0 aliphatic carbocycles. The largest absolute Gasteiger partial charge is 0.380 e. The molecule has 2 N–H and O–H groups in total. The molecule has 3 aromatic rings. The van der Waals surface area contributed by atoms with Gasteiger partial charge in [0.05, 0.1) is 10.6 Å². The van der Waals surface area contributed by atoms with Crippen LogP contribution in [-0.4, -0.2) is 5.16 Å². The molecular weight excluding hydrogens is 331 g/mol. The van der Waals surface area contributed by atoms with Gasteiger partial charge in [0.15, 0.2) is 11.6 Å². The van der Waals surface area contributed by atoms with E-state index in [0.717, 1.165) is 5.56 Å². The van der Waals surface area contributed by atoms with Crippen LogP contribution in [0.2, 0.25) is 15.1 Å². The second kappa shape index (κ2) is 5.60. The first kappa shape index (κ1) is 14.3. The van der Waals surface area contributed by atoms with E-state index in [9.17, 15) is 0 Å². The lowest BCUT2D eigenvalue weighted by Crippen LogP contribution is -1.89.